The normalized spacial score (nSPS) is 20.5. The zero-order chi connectivity index (χ0) is 15.7. The molecule has 5 heteroatoms. The molecule has 21 heavy (non-hydrogen) atoms. The number of ether oxygens (including phenoxy) is 1. The quantitative estimate of drug-likeness (QED) is 0.454. The summed E-state index contributed by atoms with van der Waals surface area (Å²) >= 11 is 7.26. The summed E-state index contributed by atoms with van der Waals surface area (Å²) in [6, 6.07) is 3.84. The number of esters is 1. The molecule has 1 aromatic rings. The number of methoxy groups -OCH3 is 1. The van der Waals surface area contributed by atoms with Crippen molar-refractivity contribution in [3.63, 3.8) is 0 Å². The van der Waals surface area contributed by atoms with Crippen LogP contribution in [0.25, 0.3) is 0 Å². The molecule has 2 atom stereocenters. The molecule has 0 saturated heterocycles. The monoisotopic (exact) mass is 330 g/mol. The van der Waals surface area contributed by atoms with Crippen LogP contribution in [0.1, 0.15) is 53.6 Å². The molecule has 1 saturated carbocycles. The summed E-state index contributed by atoms with van der Waals surface area (Å²) in [5.41, 5.74) is 0. The number of alkyl halides is 1. The molecular formula is C16H23ClO3S. The third kappa shape index (κ3) is 6.62. The van der Waals surface area contributed by atoms with Crippen LogP contribution in [-0.4, -0.2) is 24.7 Å². The first-order valence-electron chi connectivity index (χ1n) is 7.37. The number of carbonyl (C=O) groups is 2. The summed E-state index contributed by atoms with van der Waals surface area (Å²) in [6.07, 6.45) is 7.36. The first-order valence-corrected chi connectivity index (χ1v) is 8.62. The van der Waals surface area contributed by atoms with Gasteiger partial charge in [-0.05, 0) is 44.2 Å². The molecule has 0 aromatic carbocycles. The number of thiophene rings is 1. The zero-order valence-electron chi connectivity index (χ0n) is 12.6. The fraction of sp³-hybridized carbons (Fsp3) is 0.625. The van der Waals surface area contributed by atoms with Crippen molar-refractivity contribution in [3.8, 4) is 0 Å². The van der Waals surface area contributed by atoms with Crippen LogP contribution >= 0.6 is 22.9 Å². The van der Waals surface area contributed by atoms with Crippen molar-refractivity contribution in [2.45, 2.75) is 50.8 Å². The second-order valence-corrected chi connectivity index (χ2v) is 6.95. The van der Waals surface area contributed by atoms with E-state index in [-0.39, 0.29) is 17.3 Å². The molecule has 0 radical (unpaired) electrons. The first-order chi connectivity index (χ1) is 10.1. The Bertz CT molecular complexity index is 444. The molecule has 0 aliphatic heterocycles. The lowest BCUT2D eigenvalue weighted by atomic mass is 10.1. The SMILES string of the molecule is CCCCc1ccc(C(=O)OC)s1.O=CC1CCC(Cl)C1. The average molecular weight is 331 g/mol. The van der Waals surface area contributed by atoms with Crippen LogP contribution in [0.4, 0.5) is 0 Å². The maximum atomic E-state index is 11.1. The highest BCUT2D eigenvalue weighted by molar-refractivity contribution is 7.13. The van der Waals surface area contributed by atoms with E-state index in [0.29, 0.717) is 4.88 Å². The van der Waals surface area contributed by atoms with E-state index in [1.165, 1.54) is 36.2 Å². The van der Waals surface area contributed by atoms with Crippen LogP contribution in [0.15, 0.2) is 12.1 Å². The first kappa shape index (κ1) is 18.2. The minimum Gasteiger partial charge on any atom is -0.465 e. The van der Waals surface area contributed by atoms with E-state index in [1.54, 1.807) is 0 Å². The molecule has 1 aromatic heterocycles. The molecular weight excluding hydrogens is 308 g/mol. The molecule has 1 fully saturated rings. The van der Waals surface area contributed by atoms with Gasteiger partial charge in [-0.3, -0.25) is 0 Å². The number of hydrogen-bond acceptors (Lipinski definition) is 4. The van der Waals surface area contributed by atoms with E-state index in [1.807, 2.05) is 12.1 Å². The van der Waals surface area contributed by atoms with Crippen molar-refractivity contribution in [2.75, 3.05) is 7.11 Å². The van der Waals surface area contributed by atoms with Crippen molar-refractivity contribution in [3.05, 3.63) is 21.9 Å². The van der Waals surface area contributed by atoms with Crippen molar-refractivity contribution in [1.82, 2.24) is 0 Å². The lowest BCUT2D eigenvalue weighted by Gasteiger charge is -1.93. The molecule has 2 unspecified atom stereocenters. The van der Waals surface area contributed by atoms with Gasteiger partial charge in [0.2, 0.25) is 0 Å². The minimum atomic E-state index is -0.229. The number of carbonyl (C=O) groups excluding carboxylic acids is 2. The molecule has 0 bridgehead atoms. The highest BCUT2D eigenvalue weighted by atomic mass is 35.5. The van der Waals surface area contributed by atoms with Gasteiger partial charge in [0.15, 0.2) is 0 Å². The Morgan fingerprint density at radius 3 is 2.71 bits per heavy atom. The van der Waals surface area contributed by atoms with Crippen molar-refractivity contribution >= 4 is 35.2 Å². The number of halogens is 1. The predicted molar refractivity (Wildman–Crippen MR) is 87.3 cm³/mol. The Labute approximate surface area is 135 Å². The molecule has 1 aliphatic carbocycles. The van der Waals surface area contributed by atoms with Crippen molar-refractivity contribution in [2.24, 2.45) is 5.92 Å². The predicted octanol–water partition coefficient (Wildman–Crippen LogP) is 4.47. The molecule has 2 rings (SSSR count). The number of hydrogen-bond donors (Lipinski definition) is 0. The smallest absolute Gasteiger partial charge is 0.348 e. The van der Waals surface area contributed by atoms with Gasteiger partial charge in [-0.2, -0.15) is 0 Å². The van der Waals surface area contributed by atoms with Crippen LogP contribution in [0.5, 0.6) is 0 Å². The standard InChI is InChI=1S/C10H14O2S.C6H9ClO/c1-3-4-5-8-6-7-9(13-8)10(11)12-2;7-6-2-1-5(3-6)4-8/h6-7H,3-5H2,1-2H3;4-6H,1-3H2. The van der Waals surface area contributed by atoms with Crippen molar-refractivity contribution in [1.29, 1.82) is 0 Å². The number of aryl methyl sites for hydroxylation is 1. The lowest BCUT2D eigenvalue weighted by molar-refractivity contribution is -0.110. The summed E-state index contributed by atoms with van der Waals surface area (Å²) in [5, 5.41) is 0.269. The van der Waals surface area contributed by atoms with E-state index >= 15 is 0 Å². The van der Waals surface area contributed by atoms with E-state index in [0.717, 1.165) is 32.0 Å². The van der Waals surface area contributed by atoms with Crippen LogP contribution in [0, 0.1) is 5.92 Å². The van der Waals surface area contributed by atoms with Gasteiger partial charge in [-0.1, -0.05) is 13.3 Å². The van der Waals surface area contributed by atoms with Gasteiger partial charge in [0.05, 0.1) is 7.11 Å². The maximum absolute atomic E-state index is 11.1. The van der Waals surface area contributed by atoms with Crippen LogP contribution in [0.2, 0.25) is 0 Å². The summed E-state index contributed by atoms with van der Waals surface area (Å²) < 4.78 is 4.63. The van der Waals surface area contributed by atoms with Gasteiger partial charge in [0, 0.05) is 16.2 Å². The summed E-state index contributed by atoms with van der Waals surface area (Å²) in [4.78, 5) is 23.2. The van der Waals surface area contributed by atoms with Crippen molar-refractivity contribution < 1.29 is 14.3 Å². The highest BCUT2D eigenvalue weighted by Gasteiger charge is 2.21. The molecule has 1 heterocycles. The van der Waals surface area contributed by atoms with Gasteiger partial charge < -0.3 is 9.53 Å². The highest BCUT2D eigenvalue weighted by Crippen LogP contribution is 2.27. The number of rotatable bonds is 5. The number of unbranched alkanes of at least 4 members (excludes halogenated alkanes) is 1. The Hall–Kier alpha value is -0.870. The third-order valence-corrected chi connectivity index (χ3v) is 4.95. The Kier molecular flexibility index (Phi) is 8.62. The topological polar surface area (TPSA) is 43.4 Å². The fourth-order valence-electron chi connectivity index (χ4n) is 2.16. The van der Waals surface area contributed by atoms with Crippen LogP contribution in [-0.2, 0) is 16.0 Å². The molecule has 0 spiro atoms. The second-order valence-electron chi connectivity index (χ2n) is 5.17. The minimum absolute atomic E-state index is 0.229. The summed E-state index contributed by atoms with van der Waals surface area (Å²) in [7, 11) is 1.41. The van der Waals surface area contributed by atoms with Crippen LogP contribution < -0.4 is 0 Å². The molecule has 0 N–H and O–H groups in total. The van der Waals surface area contributed by atoms with Gasteiger partial charge in [0.25, 0.3) is 0 Å². The largest absolute Gasteiger partial charge is 0.465 e. The molecule has 118 valence electrons. The van der Waals surface area contributed by atoms with E-state index < -0.39 is 0 Å². The van der Waals surface area contributed by atoms with E-state index in [9.17, 15) is 9.59 Å². The summed E-state index contributed by atoms with van der Waals surface area (Å²) in [6.45, 7) is 2.16. The molecule has 3 nitrogen and oxygen atoms in total. The van der Waals surface area contributed by atoms with Gasteiger partial charge >= 0.3 is 5.97 Å². The van der Waals surface area contributed by atoms with E-state index in [4.69, 9.17) is 11.6 Å². The van der Waals surface area contributed by atoms with Gasteiger partial charge in [0.1, 0.15) is 11.2 Å². The fourth-order valence-corrected chi connectivity index (χ4v) is 3.48. The van der Waals surface area contributed by atoms with E-state index in [2.05, 4.69) is 11.7 Å². The Morgan fingerprint density at radius 1 is 1.48 bits per heavy atom. The number of aldehydes is 1. The van der Waals surface area contributed by atoms with Gasteiger partial charge in [-0.15, -0.1) is 22.9 Å². The maximum Gasteiger partial charge on any atom is 0.348 e. The zero-order valence-corrected chi connectivity index (χ0v) is 14.2. The summed E-state index contributed by atoms with van der Waals surface area (Å²) in [5.74, 6) is 0.0326. The molecule has 1 aliphatic rings. The Morgan fingerprint density at radius 2 is 2.24 bits per heavy atom. The van der Waals surface area contributed by atoms with Crippen LogP contribution in [0.3, 0.4) is 0 Å². The third-order valence-electron chi connectivity index (χ3n) is 3.43. The Balaban J connectivity index is 0.000000235. The molecule has 0 amide bonds. The average Bonchev–Trinajstić information content (AvgIpc) is 3.13. The lowest BCUT2D eigenvalue weighted by Crippen LogP contribution is -1.96. The van der Waals surface area contributed by atoms with Gasteiger partial charge in [-0.25, -0.2) is 4.79 Å². The second kappa shape index (κ2) is 9.96.